The van der Waals surface area contributed by atoms with Crippen molar-refractivity contribution in [1.82, 2.24) is 4.57 Å². The van der Waals surface area contributed by atoms with E-state index >= 15 is 0 Å². The normalized spacial score (nSPS) is 12.2. The Hall–Kier alpha value is -4.09. The number of rotatable bonds is 6. The Bertz CT molecular complexity index is 1450. The molecule has 164 valence electrons. The first-order valence-corrected chi connectivity index (χ1v) is 10.8. The van der Waals surface area contributed by atoms with Gasteiger partial charge in [0.2, 0.25) is 11.2 Å². The Balaban J connectivity index is 1.76. The van der Waals surface area contributed by atoms with Gasteiger partial charge in [0.25, 0.3) is 0 Å². The van der Waals surface area contributed by atoms with Gasteiger partial charge in [-0.15, -0.1) is 0 Å². The van der Waals surface area contributed by atoms with Crippen molar-refractivity contribution in [2.45, 2.75) is 19.1 Å². The molecule has 2 aromatic heterocycles. The van der Waals surface area contributed by atoms with E-state index in [0.29, 0.717) is 6.54 Å². The van der Waals surface area contributed by atoms with Crippen LogP contribution in [0, 0.1) is 0 Å². The van der Waals surface area contributed by atoms with E-state index in [1.807, 2.05) is 66.7 Å². The molecule has 0 aliphatic heterocycles. The van der Waals surface area contributed by atoms with Crippen LogP contribution in [0.15, 0.2) is 106 Å². The highest BCUT2D eigenvalue weighted by atomic mass is 16.4. The van der Waals surface area contributed by atoms with Gasteiger partial charge in [-0.25, -0.2) is 0 Å². The third-order valence-corrected chi connectivity index (χ3v) is 5.88. The molecule has 0 aliphatic carbocycles. The molecule has 2 N–H and O–H groups in total. The van der Waals surface area contributed by atoms with Crippen molar-refractivity contribution < 1.29 is 14.6 Å². The van der Waals surface area contributed by atoms with Crippen molar-refractivity contribution in [3.63, 3.8) is 0 Å². The number of hydrogen-bond acceptors (Lipinski definition) is 4. The van der Waals surface area contributed by atoms with Crippen LogP contribution in [0.2, 0.25) is 0 Å². The van der Waals surface area contributed by atoms with Gasteiger partial charge in [-0.2, -0.15) is 0 Å². The van der Waals surface area contributed by atoms with Crippen molar-refractivity contribution in [1.29, 1.82) is 0 Å². The molecule has 1 atom stereocenters. The van der Waals surface area contributed by atoms with Crippen LogP contribution in [-0.2, 0) is 13.2 Å². The molecule has 0 radical (unpaired) electrons. The topological polar surface area (TPSA) is 75.6 Å². The van der Waals surface area contributed by atoms with Gasteiger partial charge in [0.05, 0.1) is 5.92 Å². The molecule has 3 aromatic carbocycles. The predicted molar refractivity (Wildman–Crippen MR) is 127 cm³/mol. The van der Waals surface area contributed by atoms with E-state index in [4.69, 9.17) is 4.42 Å². The average molecular weight is 437 g/mol. The SMILES string of the molecule is O=c1cc(CO)oc(C(c2ccccc2)c2cn(Cc3ccccc3)c3ccccc23)c1O. The predicted octanol–water partition coefficient (Wildman–Crippen LogP) is 5.02. The van der Waals surface area contributed by atoms with Crippen LogP contribution in [0.25, 0.3) is 10.9 Å². The summed E-state index contributed by atoms with van der Waals surface area (Å²) >= 11 is 0. The highest BCUT2D eigenvalue weighted by Gasteiger charge is 2.28. The lowest BCUT2D eigenvalue weighted by Gasteiger charge is -2.18. The minimum atomic E-state index is -0.575. The number of aliphatic hydroxyl groups is 1. The van der Waals surface area contributed by atoms with Crippen molar-refractivity contribution >= 4 is 10.9 Å². The van der Waals surface area contributed by atoms with Gasteiger partial charge in [0.1, 0.15) is 12.4 Å². The van der Waals surface area contributed by atoms with E-state index in [2.05, 4.69) is 29.0 Å². The number of para-hydroxylation sites is 1. The van der Waals surface area contributed by atoms with E-state index in [9.17, 15) is 15.0 Å². The zero-order chi connectivity index (χ0) is 22.8. The molecule has 0 bridgehead atoms. The molecule has 1 unspecified atom stereocenters. The average Bonchev–Trinajstić information content (AvgIpc) is 3.21. The largest absolute Gasteiger partial charge is 0.502 e. The van der Waals surface area contributed by atoms with E-state index in [0.717, 1.165) is 33.7 Å². The van der Waals surface area contributed by atoms with Crippen molar-refractivity contribution in [2.24, 2.45) is 0 Å². The molecule has 33 heavy (non-hydrogen) atoms. The standard InChI is InChI=1S/C28H23NO4/c30-18-21-15-25(31)27(32)28(33-21)26(20-11-5-2-6-12-20)23-17-29(16-19-9-3-1-4-10-19)24-14-8-7-13-22(23)24/h1-15,17,26,30,32H,16,18H2. The fourth-order valence-corrected chi connectivity index (χ4v) is 4.36. The van der Waals surface area contributed by atoms with Gasteiger partial charge in [-0.05, 0) is 22.8 Å². The molecule has 0 aliphatic rings. The Morgan fingerprint density at radius 1 is 0.879 bits per heavy atom. The molecule has 5 heteroatoms. The first kappa shape index (κ1) is 20.8. The van der Waals surface area contributed by atoms with Crippen LogP contribution in [0.5, 0.6) is 5.75 Å². The highest BCUT2D eigenvalue weighted by molar-refractivity contribution is 5.85. The maximum Gasteiger partial charge on any atom is 0.227 e. The second-order valence-electron chi connectivity index (χ2n) is 8.01. The van der Waals surface area contributed by atoms with Crippen LogP contribution < -0.4 is 5.43 Å². The maximum atomic E-state index is 12.5. The third kappa shape index (κ3) is 3.95. The summed E-state index contributed by atoms with van der Waals surface area (Å²) in [7, 11) is 0. The number of aliphatic hydroxyl groups excluding tert-OH is 1. The summed E-state index contributed by atoms with van der Waals surface area (Å²) in [6.45, 7) is 0.245. The molecule has 5 nitrogen and oxygen atoms in total. The van der Waals surface area contributed by atoms with Crippen LogP contribution in [-0.4, -0.2) is 14.8 Å². The second-order valence-corrected chi connectivity index (χ2v) is 8.01. The Morgan fingerprint density at radius 3 is 2.27 bits per heavy atom. The smallest absolute Gasteiger partial charge is 0.227 e. The quantitative estimate of drug-likeness (QED) is 0.391. The molecule has 0 saturated heterocycles. The lowest BCUT2D eigenvalue weighted by atomic mass is 9.88. The molecule has 5 rings (SSSR count). The molecular weight excluding hydrogens is 414 g/mol. The summed E-state index contributed by atoms with van der Waals surface area (Å²) < 4.78 is 8.04. The van der Waals surface area contributed by atoms with Crippen molar-refractivity contribution in [2.75, 3.05) is 0 Å². The summed E-state index contributed by atoms with van der Waals surface area (Å²) in [5, 5.41) is 21.4. The highest BCUT2D eigenvalue weighted by Crippen LogP contribution is 2.40. The number of aromatic nitrogens is 1. The number of nitrogens with zero attached hydrogens (tertiary/aromatic N) is 1. The summed E-state index contributed by atoms with van der Waals surface area (Å²) in [6, 6.07) is 29.0. The van der Waals surface area contributed by atoms with E-state index in [-0.39, 0.29) is 11.5 Å². The number of hydrogen-bond donors (Lipinski definition) is 2. The van der Waals surface area contributed by atoms with E-state index in [1.165, 1.54) is 0 Å². The third-order valence-electron chi connectivity index (χ3n) is 5.88. The number of aromatic hydroxyl groups is 1. The number of fused-ring (bicyclic) bond motifs is 1. The Labute approximate surface area is 190 Å². The molecule has 0 fully saturated rings. The second kappa shape index (κ2) is 8.81. The molecule has 5 aromatic rings. The van der Waals surface area contributed by atoms with Gasteiger partial charge in [-0.3, -0.25) is 4.79 Å². The fourth-order valence-electron chi connectivity index (χ4n) is 4.36. The first-order chi connectivity index (χ1) is 16.2. The van der Waals surface area contributed by atoms with Crippen LogP contribution in [0.3, 0.4) is 0 Å². The first-order valence-electron chi connectivity index (χ1n) is 10.8. The summed E-state index contributed by atoms with van der Waals surface area (Å²) in [5.41, 5.74) is 3.40. The molecule has 0 spiro atoms. The van der Waals surface area contributed by atoms with Gasteiger partial charge >= 0.3 is 0 Å². The Kier molecular flexibility index (Phi) is 5.55. The Morgan fingerprint density at radius 2 is 1.55 bits per heavy atom. The van der Waals surface area contributed by atoms with Gasteiger partial charge in [0, 0.05) is 29.7 Å². The van der Waals surface area contributed by atoms with Gasteiger partial charge in [-0.1, -0.05) is 78.9 Å². The fraction of sp³-hybridized carbons (Fsp3) is 0.107. The molecule has 0 saturated carbocycles. The zero-order valence-corrected chi connectivity index (χ0v) is 17.9. The minimum Gasteiger partial charge on any atom is -0.502 e. The summed E-state index contributed by atoms with van der Waals surface area (Å²) in [6.07, 6.45) is 2.06. The van der Waals surface area contributed by atoms with Gasteiger partial charge in [0.15, 0.2) is 5.76 Å². The lowest BCUT2D eigenvalue weighted by molar-refractivity contribution is 0.235. The molecule has 0 amide bonds. The molecular formula is C28H23NO4. The summed E-state index contributed by atoms with van der Waals surface area (Å²) in [4.78, 5) is 12.5. The van der Waals surface area contributed by atoms with Gasteiger partial charge < -0.3 is 19.2 Å². The van der Waals surface area contributed by atoms with Crippen molar-refractivity contribution in [3.05, 3.63) is 136 Å². The zero-order valence-electron chi connectivity index (χ0n) is 17.9. The van der Waals surface area contributed by atoms with Crippen LogP contribution >= 0.6 is 0 Å². The monoisotopic (exact) mass is 437 g/mol. The maximum absolute atomic E-state index is 12.5. The lowest BCUT2D eigenvalue weighted by Crippen LogP contribution is -2.11. The van der Waals surface area contributed by atoms with Crippen LogP contribution in [0.4, 0.5) is 0 Å². The van der Waals surface area contributed by atoms with Crippen molar-refractivity contribution in [3.8, 4) is 5.75 Å². The summed E-state index contributed by atoms with van der Waals surface area (Å²) in [5.74, 6) is -0.740. The van der Waals surface area contributed by atoms with E-state index < -0.39 is 23.7 Å². The van der Waals surface area contributed by atoms with E-state index in [1.54, 1.807) is 0 Å². The minimum absolute atomic E-state index is 0.113. The number of benzene rings is 3. The molecule has 2 heterocycles. The van der Waals surface area contributed by atoms with Crippen LogP contribution in [0.1, 0.15) is 34.1 Å².